The first kappa shape index (κ1) is 25.8. The van der Waals surface area contributed by atoms with E-state index in [9.17, 15) is 8.42 Å². The number of aliphatic imine (C=N–C) groups is 1. The molecule has 0 bridgehead atoms. The van der Waals surface area contributed by atoms with Crippen LogP contribution in [0.1, 0.15) is 32.6 Å². The molecule has 0 saturated carbocycles. The van der Waals surface area contributed by atoms with Crippen LogP contribution >= 0.6 is 24.0 Å². The lowest BCUT2D eigenvalue weighted by Crippen LogP contribution is -2.38. The number of rotatable bonds is 12. The summed E-state index contributed by atoms with van der Waals surface area (Å²) in [4.78, 5) is 4.50. The van der Waals surface area contributed by atoms with Crippen LogP contribution in [0.5, 0.6) is 0 Å². The van der Waals surface area contributed by atoms with Gasteiger partial charge in [-0.2, -0.15) is 0 Å². The van der Waals surface area contributed by atoms with Crippen LogP contribution in [0.25, 0.3) is 0 Å². The lowest BCUT2D eigenvalue weighted by Gasteiger charge is -2.21. The third-order valence-electron chi connectivity index (χ3n) is 3.77. The van der Waals surface area contributed by atoms with Crippen molar-refractivity contribution in [2.45, 2.75) is 32.6 Å². The van der Waals surface area contributed by atoms with Crippen LogP contribution in [0.3, 0.4) is 0 Å². The molecule has 0 amide bonds. The van der Waals surface area contributed by atoms with E-state index < -0.39 is 10.0 Å². The van der Waals surface area contributed by atoms with Crippen molar-refractivity contribution >= 4 is 40.0 Å². The molecule has 1 fully saturated rings. The van der Waals surface area contributed by atoms with Gasteiger partial charge in [-0.05, 0) is 38.5 Å². The topological polar surface area (TPSA) is 101 Å². The molecule has 8 nitrogen and oxygen atoms in total. The van der Waals surface area contributed by atoms with E-state index in [-0.39, 0.29) is 24.0 Å². The van der Waals surface area contributed by atoms with Crippen molar-refractivity contribution in [3.63, 3.8) is 0 Å². The van der Waals surface area contributed by atoms with Crippen LogP contribution in [0.2, 0.25) is 0 Å². The molecule has 0 aromatic carbocycles. The van der Waals surface area contributed by atoms with E-state index in [1.54, 1.807) is 0 Å². The summed E-state index contributed by atoms with van der Waals surface area (Å²) in [5.41, 5.74) is 0. The molecule has 0 radical (unpaired) electrons. The Balaban J connectivity index is 0.00000625. The predicted octanol–water partition coefficient (Wildman–Crippen LogP) is 0.932. The first-order chi connectivity index (χ1) is 12.0. The zero-order chi connectivity index (χ0) is 18.4. The first-order valence-electron chi connectivity index (χ1n) is 9.13. The van der Waals surface area contributed by atoms with Gasteiger partial charge >= 0.3 is 0 Å². The number of nitrogens with zero attached hydrogens (tertiary/aromatic N) is 1. The number of halogens is 1. The Morgan fingerprint density at radius 2 is 1.92 bits per heavy atom. The summed E-state index contributed by atoms with van der Waals surface area (Å²) in [6.45, 7) is 7.83. The van der Waals surface area contributed by atoms with Gasteiger partial charge in [-0.15, -0.1) is 24.0 Å². The maximum atomic E-state index is 11.0. The van der Waals surface area contributed by atoms with Gasteiger partial charge in [-0.3, -0.25) is 4.99 Å². The van der Waals surface area contributed by atoms with Crippen molar-refractivity contribution < 1.29 is 17.9 Å². The van der Waals surface area contributed by atoms with Crippen LogP contribution in [-0.4, -0.2) is 73.2 Å². The lowest BCUT2D eigenvalue weighted by atomic mass is 10.0. The van der Waals surface area contributed by atoms with Gasteiger partial charge in [0.2, 0.25) is 10.0 Å². The van der Waals surface area contributed by atoms with E-state index in [0.29, 0.717) is 32.0 Å². The molecule has 1 saturated heterocycles. The van der Waals surface area contributed by atoms with Crippen molar-refractivity contribution in [1.82, 2.24) is 15.4 Å². The second kappa shape index (κ2) is 15.8. The Hall–Kier alpha value is -0.170. The van der Waals surface area contributed by atoms with Gasteiger partial charge in [-0.25, -0.2) is 13.1 Å². The molecule has 1 rings (SSSR count). The third kappa shape index (κ3) is 14.9. The highest BCUT2D eigenvalue weighted by atomic mass is 127. The number of ether oxygens (including phenoxy) is 2. The van der Waals surface area contributed by atoms with Crippen molar-refractivity contribution in [2.75, 3.05) is 58.9 Å². The van der Waals surface area contributed by atoms with E-state index in [2.05, 4.69) is 20.3 Å². The van der Waals surface area contributed by atoms with E-state index in [1.807, 2.05) is 6.92 Å². The summed E-state index contributed by atoms with van der Waals surface area (Å²) < 4.78 is 35.5. The van der Waals surface area contributed by atoms with Crippen LogP contribution in [-0.2, 0) is 19.5 Å². The average Bonchev–Trinajstić information content (AvgIpc) is 2.57. The van der Waals surface area contributed by atoms with E-state index in [0.717, 1.165) is 64.5 Å². The van der Waals surface area contributed by atoms with Crippen LogP contribution in [0.15, 0.2) is 4.99 Å². The number of sulfonamides is 1. The fraction of sp³-hybridized carbons (Fsp3) is 0.938. The van der Waals surface area contributed by atoms with Gasteiger partial charge in [0.05, 0.1) is 6.26 Å². The number of hydrogen-bond acceptors (Lipinski definition) is 5. The molecule has 26 heavy (non-hydrogen) atoms. The Bertz CT molecular complexity index is 471. The molecular weight excluding hydrogens is 471 g/mol. The average molecular weight is 506 g/mol. The zero-order valence-corrected chi connectivity index (χ0v) is 19.1. The minimum atomic E-state index is -3.11. The maximum Gasteiger partial charge on any atom is 0.208 e. The summed E-state index contributed by atoms with van der Waals surface area (Å²) >= 11 is 0. The first-order valence-corrected chi connectivity index (χ1v) is 11.0. The highest BCUT2D eigenvalue weighted by Crippen LogP contribution is 2.14. The van der Waals surface area contributed by atoms with Crippen LogP contribution < -0.4 is 15.4 Å². The lowest BCUT2D eigenvalue weighted by molar-refractivity contribution is 0.0205. The van der Waals surface area contributed by atoms with Crippen molar-refractivity contribution in [3.8, 4) is 0 Å². The van der Waals surface area contributed by atoms with E-state index in [4.69, 9.17) is 9.47 Å². The SMILES string of the molecule is CCNC(=NCCCOCC1CCOCC1)NCCCNS(C)(=O)=O.I. The van der Waals surface area contributed by atoms with E-state index >= 15 is 0 Å². The van der Waals surface area contributed by atoms with Gasteiger partial charge in [0.25, 0.3) is 0 Å². The summed E-state index contributed by atoms with van der Waals surface area (Å²) in [7, 11) is -3.11. The fourth-order valence-electron chi connectivity index (χ4n) is 2.42. The highest BCUT2D eigenvalue weighted by molar-refractivity contribution is 14.0. The molecule has 0 aromatic heterocycles. The molecule has 0 unspecified atom stereocenters. The van der Waals surface area contributed by atoms with Crippen molar-refractivity contribution in [1.29, 1.82) is 0 Å². The molecular formula is C16H35IN4O4S. The molecule has 3 N–H and O–H groups in total. The number of guanidine groups is 1. The molecule has 10 heteroatoms. The summed E-state index contributed by atoms with van der Waals surface area (Å²) in [6.07, 6.45) is 4.94. The Morgan fingerprint density at radius 1 is 1.19 bits per heavy atom. The maximum absolute atomic E-state index is 11.0. The van der Waals surface area contributed by atoms with Gasteiger partial charge in [0.1, 0.15) is 0 Å². The Labute approximate surface area is 175 Å². The van der Waals surface area contributed by atoms with Crippen LogP contribution in [0, 0.1) is 5.92 Å². The Kier molecular flexibility index (Phi) is 15.7. The minimum absolute atomic E-state index is 0. The normalized spacial score (nSPS) is 16.2. The summed E-state index contributed by atoms with van der Waals surface area (Å²) in [5, 5.41) is 6.38. The minimum Gasteiger partial charge on any atom is -0.381 e. The molecule has 1 aliphatic heterocycles. The smallest absolute Gasteiger partial charge is 0.208 e. The number of nitrogens with one attached hydrogen (secondary N) is 3. The monoisotopic (exact) mass is 506 g/mol. The molecule has 0 atom stereocenters. The van der Waals surface area contributed by atoms with E-state index in [1.165, 1.54) is 0 Å². The Morgan fingerprint density at radius 3 is 2.58 bits per heavy atom. The standard InChI is InChI=1S/C16H34N4O4S.HI/c1-3-17-16(18-8-4-10-20-25(2,21)22)19-9-5-11-24-14-15-6-12-23-13-7-15;/h15,20H,3-14H2,1-2H3,(H2,17,18,19);1H. The highest BCUT2D eigenvalue weighted by Gasteiger charge is 2.13. The quantitative estimate of drug-likeness (QED) is 0.158. The summed E-state index contributed by atoms with van der Waals surface area (Å²) in [5.74, 6) is 1.39. The molecule has 156 valence electrons. The van der Waals surface area contributed by atoms with Gasteiger partial charge in [0, 0.05) is 52.6 Å². The third-order valence-corrected chi connectivity index (χ3v) is 4.49. The molecule has 0 spiro atoms. The van der Waals surface area contributed by atoms with Crippen molar-refractivity contribution in [2.24, 2.45) is 10.9 Å². The predicted molar refractivity (Wildman–Crippen MR) is 116 cm³/mol. The number of hydrogen-bond donors (Lipinski definition) is 3. The molecule has 1 aliphatic rings. The van der Waals surface area contributed by atoms with Gasteiger partial charge in [-0.1, -0.05) is 0 Å². The van der Waals surface area contributed by atoms with Gasteiger partial charge < -0.3 is 20.1 Å². The van der Waals surface area contributed by atoms with Crippen LogP contribution in [0.4, 0.5) is 0 Å². The molecule has 1 heterocycles. The van der Waals surface area contributed by atoms with Crippen molar-refractivity contribution in [3.05, 3.63) is 0 Å². The second-order valence-electron chi connectivity index (χ2n) is 6.19. The second-order valence-corrected chi connectivity index (χ2v) is 8.02. The molecule has 0 aromatic rings. The summed E-state index contributed by atoms with van der Waals surface area (Å²) in [6, 6.07) is 0. The zero-order valence-electron chi connectivity index (χ0n) is 16.0. The van der Waals surface area contributed by atoms with Gasteiger partial charge in [0.15, 0.2) is 5.96 Å². The fourth-order valence-corrected chi connectivity index (χ4v) is 2.93. The largest absolute Gasteiger partial charge is 0.381 e. The molecule has 0 aliphatic carbocycles.